The van der Waals surface area contributed by atoms with Gasteiger partial charge in [0.1, 0.15) is 18.1 Å². The number of benzene rings is 1. The van der Waals surface area contributed by atoms with Gasteiger partial charge in [-0.25, -0.2) is 4.98 Å². The highest BCUT2D eigenvalue weighted by Crippen LogP contribution is 2.08. The smallest absolute Gasteiger partial charge is 0.238 e. The van der Waals surface area contributed by atoms with Crippen molar-refractivity contribution in [2.24, 2.45) is 5.92 Å². The standard InChI is InChI=1S/C13H13N5O/c14-7-11(6-10-4-2-1-3-5-10)13(19)15-8-12-16-9-17-18-12/h1-5,9,11H,6,8H2,(H,15,19)(H,16,17,18). The van der Waals surface area contributed by atoms with Crippen molar-refractivity contribution in [2.75, 3.05) is 0 Å². The molecule has 2 N–H and O–H groups in total. The SMILES string of the molecule is N#CC(Cc1ccccc1)C(=O)NCc1ncn[nH]1. The molecule has 0 fully saturated rings. The van der Waals surface area contributed by atoms with E-state index in [1.165, 1.54) is 6.33 Å². The quantitative estimate of drug-likeness (QED) is 0.826. The summed E-state index contributed by atoms with van der Waals surface area (Å²) in [7, 11) is 0. The van der Waals surface area contributed by atoms with Crippen molar-refractivity contribution in [1.29, 1.82) is 5.26 Å². The fraction of sp³-hybridized carbons (Fsp3) is 0.231. The zero-order valence-corrected chi connectivity index (χ0v) is 10.2. The number of rotatable bonds is 5. The maximum Gasteiger partial charge on any atom is 0.238 e. The molecule has 0 saturated carbocycles. The predicted molar refractivity (Wildman–Crippen MR) is 67.5 cm³/mol. The molecule has 0 spiro atoms. The minimum atomic E-state index is -0.703. The van der Waals surface area contributed by atoms with E-state index in [0.29, 0.717) is 12.2 Å². The number of nitrogens with one attached hydrogen (secondary N) is 2. The van der Waals surface area contributed by atoms with E-state index >= 15 is 0 Å². The summed E-state index contributed by atoms with van der Waals surface area (Å²) in [4.78, 5) is 15.8. The molecule has 0 aliphatic rings. The largest absolute Gasteiger partial charge is 0.348 e. The highest BCUT2D eigenvalue weighted by molar-refractivity contribution is 5.81. The van der Waals surface area contributed by atoms with Gasteiger partial charge in [0, 0.05) is 0 Å². The van der Waals surface area contributed by atoms with Gasteiger partial charge in [-0.1, -0.05) is 30.3 Å². The van der Waals surface area contributed by atoms with Crippen LogP contribution in [0.1, 0.15) is 11.4 Å². The van der Waals surface area contributed by atoms with Crippen LogP contribution in [-0.4, -0.2) is 21.1 Å². The Morgan fingerprint density at radius 2 is 2.21 bits per heavy atom. The van der Waals surface area contributed by atoms with Crippen LogP contribution in [0.4, 0.5) is 0 Å². The van der Waals surface area contributed by atoms with Crippen LogP contribution in [0.3, 0.4) is 0 Å². The van der Waals surface area contributed by atoms with Crippen LogP contribution in [0.25, 0.3) is 0 Å². The van der Waals surface area contributed by atoms with Gasteiger partial charge in [-0.3, -0.25) is 9.89 Å². The number of carbonyl (C=O) groups is 1. The molecule has 19 heavy (non-hydrogen) atoms. The summed E-state index contributed by atoms with van der Waals surface area (Å²) in [6, 6.07) is 11.5. The average Bonchev–Trinajstić information content (AvgIpc) is 2.96. The molecule has 0 radical (unpaired) electrons. The monoisotopic (exact) mass is 255 g/mol. The number of hydrogen-bond acceptors (Lipinski definition) is 4. The van der Waals surface area contributed by atoms with Gasteiger partial charge in [-0.15, -0.1) is 0 Å². The second-order valence-electron chi connectivity index (χ2n) is 4.02. The molecule has 1 atom stereocenters. The van der Waals surface area contributed by atoms with Gasteiger partial charge < -0.3 is 5.32 Å². The van der Waals surface area contributed by atoms with E-state index in [-0.39, 0.29) is 12.5 Å². The minimum absolute atomic E-state index is 0.242. The Bertz CT molecular complexity index is 558. The maximum atomic E-state index is 11.9. The molecule has 6 nitrogen and oxygen atoms in total. The summed E-state index contributed by atoms with van der Waals surface area (Å²) in [5.74, 6) is -0.446. The first-order chi connectivity index (χ1) is 9.29. The predicted octanol–water partition coefficient (Wildman–Crippen LogP) is 0.803. The molecule has 1 heterocycles. The summed E-state index contributed by atoms with van der Waals surface area (Å²) in [5, 5.41) is 18.1. The van der Waals surface area contributed by atoms with E-state index in [0.717, 1.165) is 5.56 Å². The highest BCUT2D eigenvalue weighted by atomic mass is 16.1. The lowest BCUT2D eigenvalue weighted by atomic mass is 10.00. The second kappa shape index (κ2) is 6.31. The first kappa shape index (κ1) is 12.8. The van der Waals surface area contributed by atoms with Crippen LogP contribution < -0.4 is 5.32 Å². The van der Waals surface area contributed by atoms with Crippen LogP contribution in [-0.2, 0) is 17.8 Å². The van der Waals surface area contributed by atoms with Crippen molar-refractivity contribution in [3.05, 3.63) is 48.0 Å². The van der Waals surface area contributed by atoms with Gasteiger partial charge in [0.25, 0.3) is 0 Å². The van der Waals surface area contributed by atoms with Crippen LogP contribution in [0.2, 0.25) is 0 Å². The van der Waals surface area contributed by atoms with Gasteiger partial charge in [0.15, 0.2) is 0 Å². The number of hydrogen-bond donors (Lipinski definition) is 2. The van der Waals surface area contributed by atoms with Crippen molar-refractivity contribution in [1.82, 2.24) is 20.5 Å². The minimum Gasteiger partial charge on any atom is -0.348 e. The maximum absolute atomic E-state index is 11.9. The van der Waals surface area contributed by atoms with E-state index in [1.807, 2.05) is 36.4 Å². The van der Waals surface area contributed by atoms with Crippen LogP contribution in [0, 0.1) is 17.2 Å². The molecule has 2 rings (SSSR count). The lowest BCUT2D eigenvalue weighted by Gasteiger charge is -2.09. The molecule has 1 aromatic carbocycles. The summed E-state index contributed by atoms with van der Waals surface area (Å²) < 4.78 is 0. The van der Waals surface area contributed by atoms with E-state index in [4.69, 9.17) is 5.26 Å². The third-order valence-electron chi connectivity index (χ3n) is 2.65. The molecular weight excluding hydrogens is 242 g/mol. The van der Waals surface area contributed by atoms with Crippen molar-refractivity contribution in [2.45, 2.75) is 13.0 Å². The average molecular weight is 255 g/mol. The Labute approximate surface area is 110 Å². The molecule has 0 bridgehead atoms. The van der Waals surface area contributed by atoms with Crippen molar-refractivity contribution in [3.8, 4) is 6.07 Å². The van der Waals surface area contributed by atoms with Crippen LogP contribution >= 0.6 is 0 Å². The van der Waals surface area contributed by atoms with Crippen LogP contribution in [0.15, 0.2) is 36.7 Å². The van der Waals surface area contributed by atoms with Gasteiger partial charge in [0.2, 0.25) is 5.91 Å². The second-order valence-corrected chi connectivity index (χ2v) is 4.02. The van der Waals surface area contributed by atoms with Crippen molar-refractivity contribution < 1.29 is 4.79 Å². The first-order valence-electron chi connectivity index (χ1n) is 5.85. The summed E-state index contributed by atoms with van der Waals surface area (Å²) >= 11 is 0. The lowest BCUT2D eigenvalue weighted by Crippen LogP contribution is -2.31. The van der Waals surface area contributed by atoms with E-state index < -0.39 is 5.92 Å². The summed E-state index contributed by atoms with van der Waals surface area (Å²) in [6.07, 6.45) is 1.77. The first-order valence-corrected chi connectivity index (χ1v) is 5.85. The Hall–Kier alpha value is -2.68. The number of aromatic nitrogens is 3. The lowest BCUT2D eigenvalue weighted by molar-refractivity contribution is -0.123. The molecular formula is C13H13N5O. The molecule has 2 aromatic rings. The number of H-pyrrole nitrogens is 1. The number of nitrogens with zero attached hydrogens (tertiary/aromatic N) is 3. The summed E-state index contributed by atoms with van der Waals surface area (Å²) in [5.41, 5.74) is 0.962. The topological polar surface area (TPSA) is 94.5 Å². The molecule has 96 valence electrons. The Morgan fingerprint density at radius 3 is 2.84 bits per heavy atom. The Kier molecular flexibility index (Phi) is 4.24. The molecule has 1 amide bonds. The number of carbonyl (C=O) groups excluding carboxylic acids is 1. The molecule has 0 aliphatic heterocycles. The highest BCUT2D eigenvalue weighted by Gasteiger charge is 2.18. The molecule has 0 saturated heterocycles. The van der Waals surface area contributed by atoms with Gasteiger partial charge in [-0.2, -0.15) is 10.4 Å². The summed E-state index contributed by atoms with van der Waals surface area (Å²) in [6.45, 7) is 0.242. The third-order valence-corrected chi connectivity index (χ3v) is 2.65. The van der Waals surface area contributed by atoms with Crippen molar-refractivity contribution in [3.63, 3.8) is 0 Å². The van der Waals surface area contributed by atoms with Gasteiger partial charge >= 0.3 is 0 Å². The number of nitriles is 1. The molecule has 1 unspecified atom stereocenters. The number of aromatic amines is 1. The molecule has 0 aliphatic carbocycles. The van der Waals surface area contributed by atoms with Crippen molar-refractivity contribution >= 4 is 5.91 Å². The fourth-order valence-corrected chi connectivity index (χ4v) is 1.66. The fourth-order valence-electron chi connectivity index (χ4n) is 1.66. The normalized spacial score (nSPS) is 11.5. The van der Waals surface area contributed by atoms with E-state index in [9.17, 15) is 4.79 Å². The Morgan fingerprint density at radius 1 is 1.42 bits per heavy atom. The Balaban J connectivity index is 1.90. The van der Waals surface area contributed by atoms with Gasteiger partial charge in [-0.05, 0) is 12.0 Å². The third kappa shape index (κ3) is 3.64. The molecule has 6 heteroatoms. The molecule has 1 aromatic heterocycles. The van der Waals surface area contributed by atoms with Gasteiger partial charge in [0.05, 0.1) is 12.6 Å². The zero-order valence-electron chi connectivity index (χ0n) is 10.2. The van der Waals surface area contributed by atoms with Crippen LogP contribution in [0.5, 0.6) is 0 Å². The van der Waals surface area contributed by atoms with E-state index in [1.54, 1.807) is 0 Å². The number of amides is 1. The van der Waals surface area contributed by atoms with E-state index in [2.05, 4.69) is 20.5 Å². The zero-order chi connectivity index (χ0) is 13.5.